The van der Waals surface area contributed by atoms with E-state index in [0.717, 1.165) is 32.5 Å². The number of hydrogen-bond donors (Lipinski definition) is 2. The van der Waals surface area contributed by atoms with E-state index < -0.39 is 11.6 Å². The van der Waals surface area contributed by atoms with Crippen LogP contribution in [0.15, 0.2) is 12.1 Å². The molecule has 4 rings (SSSR count). The van der Waals surface area contributed by atoms with Crippen LogP contribution in [0.2, 0.25) is 0 Å². The quantitative estimate of drug-likeness (QED) is 0.839. The molecule has 6 heteroatoms. The van der Waals surface area contributed by atoms with Crippen LogP contribution in [0.3, 0.4) is 0 Å². The molecule has 0 spiro atoms. The van der Waals surface area contributed by atoms with Crippen LogP contribution in [-0.4, -0.2) is 35.6 Å². The zero-order valence-corrected chi connectivity index (χ0v) is 11.9. The topological polar surface area (TPSA) is 41.3 Å². The molecule has 2 bridgehead atoms. The van der Waals surface area contributed by atoms with Crippen LogP contribution < -0.4 is 11.1 Å². The Hall–Kier alpha value is -1.27. The lowest BCUT2D eigenvalue weighted by atomic mass is 9.84. The Morgan fingerprint density at radius 3 is 2.30 bits per heavy atom. The second-order valence-electron chi connectivity index (χ2n) is 5.57. The van der Waals surface area contributed by atoms with Crippen LogP contribution >= 0.6 is 12.2 Å². The summed E-state index contributed by atoms with van der Waals surface area (Å²) in [6, 6.07) is 2.49. The lowest BCUT2D eigenvalue weighted by Gasteiger charge is -2.45. The van der Waals surface area contributed by atoms with Gasteiger partial charge in [0.2, 0.25) is 0 Å². The van der Waals surface area contributed by atoms with E-state index in [2.05, 4.69) is 10.2 Å². The fourth-order valence-electron chi connectivity index (χ4n) is 3.17. The largest absolute Gasteiger partial charge is 0.389 e. The van der Waals surface area contributed by atoms with Gasteiger partial charge in [-0.05, 0) is 44.0 Å². The van der Waals surface area contributed by atoms with Crippen molar-refractivity contribution >= 4 is 22.9 Å². The van der Waals surface area contributed by atoms with Crippen molar-refractivity contribution in [1.29, 1.82) is 0 Å². The summed E-state index contributed by atoms with van der Waals surface area (Å²) in [7, 11) is 0. The third kappa shape index (κ3) is 2.50. The lowest BCUT2D eigenvalue weighted by Crippen LogP contribution is -2.53. The lowest BCUT2D eigenvalue weighted by molar-refractivity contribution is 0.0972. The van der Waals surface area contributed by atoms with Gasteiger partial charge in [0.1, 0.15) is 22.3 Å². The number of hydrogen-bond acceptors (Lipinski definition) is 3. The SMILES string of the molecule is NC(=S)c1cc(F)c(NC2CN3CCC2CC3)c(F)c1. The first-order chi connectivity index (χ1) is 9.54. The molecule has 0 radical (unpaired) electrons. The normalized spacial score (nSPS) is 28.4. The predicted molar refractivity (Wildman–Crippen MR) is 78.8 cm³/mol. The minimum Gasteiger partial charge on any atom is -0.389 e. The van der Waals surface area contributed by atoms with Crippen molar-refractivity contribution in [3.63, 3.8) is 0 Å². The van der Waals surface area contributed by atoms with Gasteiger partial charge in [0, 0.05) is 18.2 Å². The number of fused-ring (bicyclic) bond motifs is 3. The Morgan fingerprint density at radius 2 is 1.85 bits per heavy atom. The van der Waals surface area contributed by atoms with Gasteiger partial charge in [-0.25, -0.2) is 8.78 Å². The first kappa shape index (κ1) is 13.7. The van der Waals surface area contributed by atoms with E-state index >= 15 is 0 Å². The van der Waals surface area contributed by atoms with E-state index in [9.17, 15) is 8.78 Å². The maximum Gasteiger partial charge on any atom is 0.150 e. The van der Waals surface area contributed by atoms with Crippen molar-refractivity contribution in [3.05, 3.63) is 29.3 Å². The molecule has 3 aliphatic rings. The van der Waals surface area contributed by atoms with Crippen LogP contribution in [0.4, 0.5) is 14.5 Å². The summed E-state index contributed by atoms with van der Waals surface area (Å²) in [6.45, 7) is 3.03. The second kappa shape index (κ2) is 5.26. The van der Waals surface area contributed by atoms with Crippen LogP contribution in [0.1, 0.15) is 18.4 Å². The molecule has 1 aromatic carbocycles. The Balaban J connectivity index is 1.82. The van der Waals surface area contributed by atoms with Gasteiger partial charge in [-0.3, -0.25) is 0 Å². The minimum absolute atomic E-state index is 0.00261. The van der Waals surface area contributed by atoms with Crippen LogP contribution in [0.5, 0.6) is 0 Å². The summed E-state index contributed by atoms with van der Waals surface area (Å²) in [6.07, 6.45) is 2.18. The summed E-state index contributed by atoms with van der Waals surface area (Å²) in [5.41, 5.74) is 5.56. The molecule has 20 heavy (non-hydrogen) atoms. The minimum atomic E-state index is -0.635. The average Bonchev–Trinajstić information content (AvgIpc) is 2.44. The van der Waals surface area contributed by atoms with Crippen molar-refractivity contribution in [2.75, 3.05) is 25.0 Å². The third-order valence-electron chi connectivity index (χ3n) is 4.31. The van der Waals surface area contributed by atoms with Crippen LogP contribution in [0.25, 0.3) is 0 Å². The number of nitrogens with zero attached hydrogens (tertiary/aromatic N) is 1. The number of piperidine rings is 3. The first-order valence-electron chi connectivity index (χ1n) is 6.82. The standard InChI is InChI=1S/C14H17F2N3S/c15-10-5-9(14(17)20)6-11(16)13(10)18-12-7-19-3-1-8(12)2-4-19/h5-6,8,12,18H,1-4,7H2,(H2,17,20). The number of nitrogens with one attached hydrogen (secondary N) is 1. The van der Waals surface area contributed by atoms with E-state index in [4.69, 9.17) is 18.0 Å². The molecule has 0 aliphatic carbocycles. The molecule has 1 atom stereocenters. The van der Waals surface area contributed by atoms with E-state index in [1.165, 1.54) is 12.1 Å². The molecular formula is C14H17F2N3S. The van der Waals surface area contributed by atoms with Gasteiger partial charge in [0.25, 0.3) is 0 Å². The summed E-state index contributed by atoms with van der Waals surface area (Å²) < 4.78 is 28.1. The Bertz CT molecular complexity index is 518. The molecule has 3 nitrogen and oxygen atoms in total. The fourth-order valence-corrected chi connectivity index (χ4v) is 3.29. The number of thiocarbonyl (C=S) groups is 1. The number of benzene rings is 1. The van der Waals surface area contributed by atoms with E-state index in [1.807, 2.05) is 0 Å². The molecular weight excluding hydrogens is 280 g/mol. The van der Waals surface area contributed by atoms with Gasteiger partial charge in [0.05, 0.1) is 0 Å². The van der Waals surface area contributed by atoms with E-state index in [-0.39, 0.29) is 22.3 Å². The van der Waals surface area contributed by atoms with Crippen LogP contribution in [0, 0.1) is 17.6 Å². The van der Waals surface area contributed by atoms with Crippen molar-refractivity contribution in [3.8, 4) is 0 Å². The van der Waals surface area contributed by atoms with E-state index in [1.54, 1.807) is 0 Å². The Morgan fingerprint density at radius 1 is 1.25 bits per heavy atom. The first-order valence-corrected chi connectivity index (χ1v) is 7.23. The zero-order valence-electron chi connectivity index (χ0n) is 11.0. The Kier molecular flexibility index (Phi) is 3.60. The van der Waals surface area contributed by atoms with Gasteiger partial charge >= 0.3 is 0 Å². The van der Waals surface area contributed by atoms with Gasteiger partial charge in [-0.1, -0.05) is 12.2 Å². The predicted octanol–water partition coefficient (Wildman–Crippen LogP) is 2.11. The maximum absolute atomic E-state index is 14.0. The van der Waals surface area contributed by atoms with Gasteiger partial charge < -0.3 is 16.0 Å². The Labute approximate surface area is 122 Å². The van der Waals surface area contributed by atoms with Gasteiger partial charge in [0.15, 0.2) is 0 Å². The third-order valence-corrected chi connectivity index (χ3v) is 4.55. The molecule has 3 N–H and O–H groups in total. The van der Waals surface area contributed by atoms with Crippen molar-refractivity contribution in [1.82, 2.24) is 4.90 Å². The highest BCUT2D eigenvalue weighted by atomic mass is 32.1. The number of rotatable bonds is 3. The highest BCUT2D eigenvalue weighted by molar-refractivity contribution is 7.80. The van der Waals surface area contributed by atoms with Gasteiger partial charge in [-0.2, -0.15) is 0 Å². The highest BCUT2D eigenvalue weighted by Gasteiger charge is 2.34. The molecule has 3 fully saturated rings. The van der Waals surface area contributed by atoms with Gasteiger partial charge in [-0.15, -0.1) is 0 Å². The highest BCUT2D eigenvalue weighted by Crippen LogP contribution is 2.31. The average molecular weight is 297 g/mol. The molecule has 3 aliphatic heterocycles. The number of nitrogens with two attached hydrogens (primary N) is 1. The number of halogens is 2. The monoisotopic (exact) mass is 297 g/mol. The number of anilines is 1. The molecule has 108 valence electrons. The summed E-state index contributed by atoms with van der Waals surface area (Å²) >= 11 is 4.75. The molecule has 0 amide bonds. The smallest absolute Gasteiger partial charge is 0.150 e. The molecule has 1 aromatic rings. The molecule has 3 saturated heterocycles. The van der Waals surface area contributed by atoms with Crippen molar-refractivity contribution < 1.29 is 8.78 Å². The van der Waals surface area contributed by atoms with Crippen molar-refractivity contribution in [2.45, 2.75) is 18.9 Å². The van der Waals surface area contributed by atoms with Crippen molar-refractivity contribution in [2.24, 2.45) is 11.7 Å². The van der Waals surface area contributed by atoms with Crippen LogP contribution in [-0.2, 0) is 0 Å². The zero-order chi connectivity index (χ0) is 14.3. The maximum atomic E-state index is 14.0. The second-order valence-corrected chi connectivity index (χ2v) is 6.01. The fraction of sp³-hybridized carbons (Fsp3) is 0.500. The summed E-state index contributed by atoms with van der Waals surface area (Å²) in [5.74, 6) is -0.775. The summed E-state index contributed by atoms with van der Waals surface area (Å²) in [5, 5.41) is 3.04. The molecule has 0 aromatic heterocycles. The molecule has 3 heterocycles. The molecule has 0 saturated carbocycles. The van der Waals surface area contributed by atoms with E-state index in [0.29, 0.717) is 5.92 Å². The molecule has 1 unspecified atom stereocenters. The summed E-state index contributed by atoms with van der Waals surface area (Å²) in [4.78, 5) is 2.33.